The molecule has 0 heterocycles. The molecule has 1 rings (SSSR count). The summed E-state index contributed by atoms with van der Waals surface area (Å²) >= 11 is 4.70. The smallest absolute Gasteiger partial charge is 0.244 e. The Morgan fingerprint density at radius 1 is 1.48 bits per heavy atom. The minimum absolute atomic E-state index is 0.352. The molecule has 0 atom stereocenters. The molecule has 0 spiro atoms. The molecule has 0 aromatic heterocycles. The van der Waals surface area contributed by atoms with Gasteiger partial charge >= 0.3 is 0 Å². The van der Waals surface area contributed by atoms with E-state index in [0.29, 0.717) is 6.54 Å². The van der Waals surface area contributed by atoms with Crippen molar-refractivity contribution in [3.05, 3.63) is 29.6 Å². The average molecular weight is 333 g/mol. The lowest BCUT2D eigenvalue weighted by molar-refractivity contribution is -0.121. The van der Waals surface area contributed by atoms with Crippen molar-refractivity contribution in [3.63, 3.8) is 0 Å². The highest BCUT2D eigenvalue weighted by Gasteiger charge is 2.28. The molecule has 0 radical (unpaired) electrons. The lowest BCUT2D eigenvalue weighted by Crippen LogP contribution is -2.38. The number of rotatable bonds is 6. The number of thiocarbonyl (C=S) groups is 1. The molecule has 9 heteroatoms. The van der Waals surface area contributed by atoms with Gasteiger partial charge in [-0.3, -0.25) is 4.79 Å². The van der Waals surface area contributed by atoms with E-state index in [4.69, 9.17) is 18.0 Å². The van der Waals surface area contributed by atoms with E-state index in [-0.39, 0.29) is 22.0 Å². The highest BCUT2D eigenvalue weighted by molar-refractivity contribution is 7.89. The Morgan fingerprint density at radius 3 is 2.62 bits per heavy atom. The van der Waals surface area contributed by atoms with Crippen LogP contribution in [0.2, 0.25) is 0 Å². The van der Waals surface area contributed by atoms with Gasteiger partial charge in [-0.2, -0.15) is 4.31 Å². The maximum Gasteiger partial charge on any atom is 0.244 e. The van der Waals surface area contributed by atoms with E-state index in [9.17, 15) is 17.6 Å². The first-order valence-electron chi connectivity index (χ1n) is 6.03. The molecular weight excluding hydrogens is 317 g/mol. The van der Waals surface area contributed by atoms with E-state index in [0.717, 1.165) is 10.4 Å². The van der Waals surface area contributed by atoms with Crippen LogP contribution < -0.4 is 11.1 Å². The van der Waals surface area contributed by atoms with Gasteiger partial charge in [-0.05, 0) is 19.1 Å². The summed E-state index contributed by atoms with van der Waals surface area (Å²) in [6, 6.07) is 3.50. The maximum absolute atomic E-state index is 13.7. The molecule has 0 aliphatic rings. The number of sulfonamides is 1. The molecule has 0 saturated heterocycles. The Kier molecular flexibility index (Phi) is 5.76. The zero-order chi connectivity index (χ0) is 16.2. The number of hydrogen-bond donors (Lipinski definition) is 2. The fourth-order valence-electron chi connectivity index (χ4n) is 1.67. The molecule has 0 aliphatic heterocycles. The number of carbonyl (C=O) groups excluding carboxylic acids is 1. The fraction of sp³-hybridized carbons (Fsp3) is 0.333. The van der Waals surface area contributed by atoms with E-state index in [1.807, 2.05) is 0 Å². The van der Waals surface area contributed by atoms with E-state index in [1.54, 1.807) is 6.92 Å². The largest absolute Gasteiger partial charge is 0.389 e. The first kappa shape index (κ1) is 17.5. The Morgan fingerprint density at radius 2 is 2.10 bits per heavy atom. The molecular formula is C12H16FN3O3S2. The number of halogens is 1. The molecule has 0 bridgehead atoms. The van der Waals surface area contributed by atoms with Crippen LogP contribution in [0.15, 0.2) is 23.1 Å². The zero-order valence-electron chi connectivity index (χ0n) is 11.6. The zero-order valence-corrected chi connectivity index (χ0v) is 13.2. The van der Waals surface area contributed by atoms with Crippen LogP contribution in [0.3, 0.4) is 0 Å². The summed E-state index contributed by atoms with van der Waals surface area (Å²) in [7, 11) is -2.86. The van der Waals surface area contributed by atoms with Gasteiger partial charge in [0.25, 0.3) is 0 Å². The topological polar surface area (TPSA) is 92.5 Å². The van der Waals surface area contributed by atoms with Gasteiger partial charge in [0.2, 0.25) is 15.9 Å². The highest BCUT2D eigenvalue weighted by atomic mass is 32.2. The monoisotopic (exact) mass is 333 g/mol. The molecule has 3 N–H and O–H groups in total. The van der Waals surface area contributed by atoms with Crippen LogP contribution in [0, 0.1) is 5.82 Å². The number of benzene rings is 1. The lowest BCUT2D eigenvalue weighted by Gasteiger charge is -2.18. The molecule has 0 aliphatic carbocycles. The number of nitrogens with zero attached hydrogens (tertiary/aromatic N) is 1. The predicted molar refractivity (Wildman–Crippen MR) is 80.8 cm³/mol. The lowest BCUT2D eigenvalue weighted by atomic mass is 10.2. The molecule has 1 amide bonds. The molecule has 0 unspecified atom stereocenters. The van der Waals surface area contributed by atoms with Crippen molar-refractivity contribution in [2.24, 2.45) is 5.73 Å². The van der Waals surface area contributed by atoms with Gasteiger partial charge in [0.15, 0.2) is 0 Å². The second-order valence-corrected chi connectivity index (χ2v) is 6.64. The summed E-state index contributed by atoms with van der Waals surface area (Å²) in [6.07, 6.45) is 0. The Hall–Kier alpha value is -1.58. The van der Waals surface area contributed by atoms with Crippen LogP contribution >= 0.6 is 12.2 Å². The third-order valence-corrected chi connectivity index (χ3v) is 4.70. The highest BCUT2D eigenvalue weighted by Crippen LogP contribution is 2.21. The SMILES string of the molecule is CCNC(=O)CN(C)S(=O)(=O)c1cccc(F)c1C(N)=S. The van der Waals surface area contributed by atoms with E-state index >= 15 is 0 Å². The van der Waals surface area contributed by atoms with Crippen molar-refractivity contribution < 1.29 is 17.6 Å². The summed E-state index contributed by atoms with van der Waals surface area (Å²) in [6.45, 7) is 1.71. The first-order valence-corrected chi connectivity index (χ1v) is 7.88. The van der Waals surface area contributed by atoms with Crippen LogP contribution in [0.25, 0.3) is 0 Å². The van der Waals surface area contributed by atoms with Gasteiger partial charge < -0.3 is 11.1 Å². The molecule has 1 aromatic carbocycles. The maximum atomic E-state index is 13.7. The number of carbonyl (C=O) groups is 1. The van der Waals surface area contributed by atoms with Crippen LogP contribution in [0.5, 0.6) is 0 Å². The Balaban J connectivity index is 3.23. The predicted octanol–water partition coefficient (Wildman–Crippen LogP) is 0.217. The molecule has 116 valence electrons. The molecule has 21 heavy (non-hydrogen) atoms. The van der Waals surface area contributed by atoms with Crippen molar-refractivity contribution >= 4 is 33.1 Å². The van der Waals surface area contributed by atoms with Crippen molar-refractivity contribution in [2.75, 3.05) is 20.1 Å². The third kappa shape index (κ3) is 3.96. The molecule has 0 saturated carbocycles. The van der Waals surface area contributed by atoms with Crippen LogP contribution in [0.4, 0.5) is 4.39 Å². The number of amides is 1. The summed E-state index contributed by atoms with van der Waals surface area (Å²) in [4.78, 5) is 10.8. The van der Waals surface area contributed by atoms with Gasteiger partial charge in [-0.1, -0.05) is 18.3 Å². The Labute approximate surface area is 128 Å². The molecule has 0 fully saturated rings. The van der Waals surface area contributed by atoms with Gasteiger partial charge in [-0.15, -0.1) is 0 Å². The van der Waals surface area contributed by atoms with Crippen molar-refractivity contribution in [3.8, 4) is 0 Å². The average Bonchev–Trinajstić information content (AvgIpc) is 2.37. The van der Waals surface area contributed by atoms with Crippen molar-refractivity contribution in [1.82, 2.24) is 9.62 Å². The minimum atomic E-state index is -4.09. The fourth-order valence-corrected chi connectivity index (χ4v) is 3.28. The Bertz CT molecular complexity index is 662. The van der Waals surface area contributed by atoms with E-state index in [1.165, 1.54) is 19.2 Å². The summed E-state index contributed by atoms with van der Waals surface area (Å²) in [5.41, 5.74) is 5.04. The van der Waals surface area contributed by atoms with Crippen LogP contribution in [0.1, 0.15) is 12.5 Å². The van der Waals surface area contributed by atoms with Gasteiger partial charge in [0.1, 0.15) is 10.8 Å². The second-order valence-electron chi connectivity index (χ2n) is 4.19. The van der Waals surface area contributed by atoms with Crippen molar-refractivity contribution in [1.29, 1.82) is 0 Å². The van der Waals surface area contributed by atoms with Gasteiger partial charge in [0, 0.05) is 13.6 Å². The molecule has 1 aromatic rings. The van der Waals surface area contributed by atoms with Gasteiger partial charge in [0.05, 0.1) is 17.0 Å². The normalized spacial score (nSPS) is 11.4. The van der Waals surface area contributed by atoms with Crippen molar-refractivity contribution in [2.45, 2.75) is 11.8 Å². The summed E-state index contributed by atoms with van der Waals surface area (Å²) < 4.78 is 39.4. The number of nitrogens with one attached hydrogen (secondary N) is 1. The standard InChI is InChI=1S/C12H16FN3O3S2/c1-3-15-10(17)7-16(2)21(18,19)9-6-4-5-8(13)11(9)12(14)20/h4-6H,3,7H2,1-2H3,(H2,14,20)(H,15,17). The third-order valence-electron chi connectivity index (χ3n) is 2.65. The van der Waals surface area contributed by atoms with E-state index < -0.39 is 21.7 Å². The van der Waals surface area contributed by atoms with Crippen LogP contribution in [-0.4, -0.2) is 43.8 Å². The summed E-state index contributed by atoms with van der Waals surface area (Å²) in [5, 5.41) is 2.48. The van der Waals surface area contributed by atoms with Crippen LogP contribution in [-0.2, 0) is 14.8 Å². The quantitative estimate of drug-likeness (QED) is 0.727. The number of hydrogen-bond acceptors (Lipinski definition) is 4. The second kappa shape index (κ2) is 6.92. The number of nitrogens with two attached hydrogens (primary N) is 1. The summed E-state index contributed by atoms with van der Waals surface area (Å²) in [5.74, 6) is -1.29. The first-order chi connectivity index (χ1) is 9.71. The van der Waals surface area contributed by atoms with E-state index in [2.05, 4.69) is 5.32 Å². The van der Waals surface area contributed by atoms with Gasteiger partial charge in [-0.25, -0.2) is 12.8 Å². The number of likely N-dealkylation sites (N-methyl/N-ethyl adjacent to an activating group) is 2. The molecule has 6 nitrogen and oxygen atoms in total. The minimum Gasteiger partial charge on any atom is -0.389 e.